The molecule has 4 aromatic rings. The second-order valence-corrected chi connectivity index (χ2v) is 8.87. The Bertz CT molecular complexity index is 1380. The van der Waals surface area contributed by atoms with E-state index in [9.17, 15) is 4.79 Å². The second kappa shape index (κ2) is 11.4. The SMILES string of the molecule is O=C(/C=C/c1ccc(-c2ccc(Cl)cc2Cl)o1)NC(=S)Nc1ccc(Oc2ccc(Cl)cc2)cc1. The first-order valence-electron chi connectivity index (χ1n) is 10.2. The van der Waals surface area contributed by atoms with Gasteiger partial charge < -0.3 is 14.5 Å². The molecule has 1 amide bonds. The first kappa shape index (κ1) is 24.8. The number of carbonyl (C=O) groups is 1. The molecule has 5 nitrogen and oxygen atoms in total. The summed E-state index contributed by atoms with van der Waals surface area (Å²) in [5.74, 6) is 1.95. The molecule has 0 aliphatic heterocycles. The molecule has 35 heavy (non-hydrogen) atoms. The third kappa shape index (κ3) is 7.10. The van der Waals surface area contributed by atoms with Crippen molar-refractivity contribution in [3.8, 4) is 22.8 Å². The molecular formula is C26H17Cl3N2O3S. The number of hydrogen-bond donors (Lipinski definition) is 2. The monoisotopic (exact) mass is 542 g/mol. The van der Waals surface area contributed by atoms with Crippen molar-refractivity contribution >= 4 is 69.8 Å². The minimum atomic E-state index is -0.410. The van der Waals surface area contributed by atoms with Crippen LogP contribution in [0.15, 0.2) is 89.4 Å². The number of nitrogens with one attached hydrogen (secondary N) is 2. The van der Waals surface area contributed by atoms with E-state index in [1.807, 2.05) is 0 Å². The summed E-state index contributed by atoms with van der Waals surface area (Å²) in [6.45, 7) is 0. The van der Waals surface area contributed by atoms with E-state index in [0.29, 0.717) is 49.3 Å². The predicted molar refractivity (Wildman–Crippen MR) is 146 cm³/mol. The number of carbonyl (C=O) groups excluding carboxylic acids is 1. The lowest BCUT2D eigenvalue weighted by Crippen LogP contribution is -2.32. The number of hydrogen-bond acceptors (Lipinski definition) is 4. The smallest absolute Gasteiger partial charge is 0.250 e. The van der Waals surface area contributed by atoms with E-state index in [2.05, 4.69) is 10.6 Å². The summed E-state index contributed by atoms with van der Waals surface area (Å²) in [7, 11) is 0. The molecule has 0 saturated heterocycles. The van der Waals surface area contributed by atoms with Gasteiger partial charge in [-0.05, 0) is 97.2 Å². The fourth-order valence-electron chi connectivity index (χ4n) is 3.00. The van der Waals surface area contributed by atoms with Crippen LogP contribution in [0.3, 0.4) is 0 Å². The molecule has 0 spiro atoms. The molecule has 176 valence electrons. The molecule has 1 aromatic heterocycles. The number of benzene rings is 3. The van der Waals surface area contributed by atoms with Crippen molar-refractivity contribution in [3.63, 3.8) is 0 Å². The average molecular weight is 544 g/mol. The van der Waals surface area contributed by atoms with Crippen LogP contribution in [-0.4, -0.2) is 11.0 Å². The van der Waals surface area contributed by atoms with E-state index in [-0.39, 0.29) is 5.11 Å². The van der Waals surface area contributed by atoms with E-state index in [1.54, 1.807) is 78.9 Å². The quantitative estimate of drug-likeness (QED) is 0.189. The normalized spacial score (nSPS) is 10.8. The molecule has 0 radical (unpaired) electrons. The molecule has 0 aliphatic rings. The van der Waals surface area contributed by atoms with Gasteiger partial charge in [0.1, 0.15) is 23.0 Å². The maximum atomic E-state index is 12.2. The molecule has 0 saturated carbocycles. The third-order valence-corrected chi connectivity index (χ3v) is 5.62. The van der Waals surface area contributed by atoms with Gasteiger partial charge in [0, 0.05) is 27.4 Å². The summed E-state index contributed by atoms with van der Waals surface area (Å²) in [5, 5.41) is 7.33. The van der Waals surface area contributed by atoms with Crippen LogP contribution in [0.5, 0.6) is 11.5 Å². The van der Waals surface area contributed by atoms with E-state index in [0.717, 1.165) is 0 Å². The topological polar surface area (TPSA) is 63.5 Å². The minimum absolute atomic E-state index is 0.152. The van der Waals surface area contributed by atoms with Gasteiger partial charge in [-0.3, -0.25) is 10.1 Å². The van der Waals surface area contributed by atoms with Crippen LogP contribution in [0.4, 0.5) is 5.69 Å². The fourth-order valence-corrected chi connectivity index (χ4v) is 3.84. The average Bonchev–Trinajstić information content (AvgIpc) is 3.29. The van der Waals surface area contributed by atoms with Gasteiger partial charge in [0.2, 0.25) is 5.91 Å². The Morgan fingerprint density at radius 1 is 0.857 bits per heavy atom. The van der Waals surface area contributed by atoms with Crippen molar-refractivity contribution in [1.29, 1.82) is 0 Å². The molecule has 4 rings (SSSR count). The van der Waals surface area contributed by atoms with Crippen LogP contribution in [0.2, 0.25) is 15.1 Å². The van der Waals surface area contributed by atoms with Crippen molar-refractivity contribution < 1.29 is 13.9 Å². The minimum Gasteiger partial charge on any atom is -0.457 e. The highest BCUT2D eigenvalue weighted by molar-refractivity contribution is 7.80. The van der Waals surface area contributed by atoms with E-state index >= 15 is 0 Å². The summed E-state index contributed by atoms with van der Waals surface area (Å²) in [6.07, 6.45) is 2.86. The number of anilines is 1. The zero-order chi connectivity index (χ0) is 24.8. The largest absolute Gasteiger partial charge is 0.457 e. The van der Waals surface area contributed by atoms with Crippen molar-refractivity contribution in [2.24, 2.45) is 0 Å². The predicted octanol–water partition coefficient (Wildman–Crippen LogP) is 8.23. The lowest BCUT2D eigenvalue weighted by molar-refractivity contribution is -0.115. The van der Waals surface area contributed by atoms with Crippen LogP contribution in [0.25, 0.3) is 17.4 Å². The third-order valence-electron chi connectivity index (χ3n) is 4.62. The van der Waals surface area contributed by atoms with Crippen molar-refractivity contribution in [3.05, 3.63) is 106 Å². The molecule has 0 fully saturated rings. The fraction of sp³-hybridized carbons (Fsp3) is 0. The van der Waals surface area contributed by atoms with Gasteiger partial charge >= 0.3 is 0 Å². The Hall–Kier alpha value is -3.29. The number of rotatable bonds is 6. The summed E-state index contributed by atoms with van der Waals surface area (Å²) < 4.78 is 11.5. The first-order chi connectivity index (χ1) is 16.9. The summed E-state index contributed by atoms with van der Waals surface area (Å²) in [4.78, 5) is 12.2. The molecule has 0 atom stereocenters. The van der Waals surface area contributed by atoms with Crippen LogP contribution in [-0.2, 0) is 4.79 Å². The highest BCUT2D eigenvalue weighted by Gasteiger charge is 2.09. The van der Waals surface area contributed by atoms with Crippen molar-refractivity contribution in [2.45, 2.75) is 0 Å². The maximum absolute atomic E-state index is 12.2. The summed E-state index contributed by atoms with van der Waals surface area (Å²) in [5.41, 5.74) is 1.40. The highest BCUT2D eigenvalue weighted by atomic mass is 35.5. The Labute approximate surface area is 222 Å². The van der Waals surface area contributed by atoms with Crippen LogP contribution in [0, 0.1) is 0 Å². The zero-order valence-electron chi connectivity index (χ0n) is 17.9. The van der Waals surface area contributed by atoms with Crippen LogP contribution >= 0.6 is 47.0 Å². The van der Waals surface area contributed by atoms with Gasteiger partial charge in [-0.15, -0.1) is 0 Å². The standard InChI is InChI=1S/C26H17Cl3N2O3S/c27-16-1-6-19(7-2-16)33-20-8-4-18(5-9-20)30-26(35)31-25(32)14-11-21-10-13-24(34-21)22-12-3-17(28)15-23(22)29/h1-15H,(H2,30,31,32,35)/b14-11+. The lowest BCUT2D eigenvalue weighted by Gasteiger charge is -2.10. The molecule has 9 heteroatoms. The summed E-state index contributed by atoms with van der Waals surface area (Å²) >= 11 is 23.2. The number of ether oxygens (including phenoxy) is 1. The van der Waals surface area contributed by atoms with Crippen molar-refractivity contribution in [2.75, 3.05) is 5.32 Å². The van der Waals surface area contributed by atoms with Crippen molar-refractivity contribution in [1.82, 2.24) is 5.32 Å². The summed E-state index contributed by atoms with van der Waals surface area (Å²) in [6, 6.07) is 22.8. The zero-order valence-corrected chi connectivity index (χ0v) is 21.0. The number of halogens is 3. The molecular weight excluding hydrogens is 527 g/mol. The lowest BCUT2D eigenvalue weighted by atomic mass is 10.2. The Morgan fingerprint density at radius 2 is 1.51 bits per heavy atom. The van der Waals surface area contributed by atoms with Gasteiger partial charge in [0.05, 0.1) is 5.02 Å². The van der Waals surface area contributed by atoms with Crippen LogP contribution in [0.1, 0.15) is 5.76 Å². The van der Waals surface area contributed by atoms with E-state index < -0.39 is 5.91 Å². The number of thiocarbonyl (C=S) groups is 1. The van der Waals surface area contributed by atoms with Gasteiger partial charge in [-0.25, -0.2) is 0 Å². The number of furan rings is 1. The van der Waals surface area contributed by atoms with Gasteiger partial charge in [0.15, 0.2) is 5.11 Å². The second-order valence-electron chi connectivity index (χ2n) is 7.18. The van der Waals surface area contributed by atoms with Crippen LogP contribution < -0.4 is 15.4 Å². The maximum Gasteiger partial charge on any atom is 0.250 e. The molecule has 0 aliphatic carbocycles. The molecule has 2 N–H and O–H groups in total. The van der Waals surface area contributed by atoms with Gasteiger partial charge in [-0.1, -0.05) is 34.8 Å². The molecule has 0 unspecified atom stereocenters. The van der Waals surface area contributed by atoms with Gasteiger partial charge in [0.25, 0.3) is 0 Å². The Kier molecular flexibility index (Phi) is 8.10. The van der Waals surface area contributed by atoms with E-state index in [4.69, 9.17) is 56.2 Å². The number of amides is 1. The Morgan fingerprint density at radius 3 is 2.20 bits per heavy atom. The first-order valence-corrected chi connectivity index (χ1v) is 11.8. The highest BCUT2D eigenvalue weighted by Crippen LogP contribution is 2.31. The molecule has 3 aromatic carbocycles. The molecule has 1 heterocycles. The molecule has 0 bridgehead atoms. The van der Waals surface area contributed by atoms with Gasteiger partial charge in [-0.2, -0.15) is 0 Å². The Balaban J connectivity index is 1.29. The van der Waals surface area contributed by atoms with E-state index in [1.165, 1.54) is 12.2 Å².